The van der Waals surface area contributed by atoms with Gasteiger partial charge in [0.2, 0.25) is 5.95 Å². The minimum atomic E-state index is -0.569. The van der Waals surface area contributed by atoms with E-state index in [0.717, 1.165) is 29.5 Å². The van der Waals surface area contributed by atoms with Gasteiger partial charge in [0.25, 0.3) is 0 Å². The summed E-state index contributed by atoms with van der Waals surface area (Å²) in [6, 6.07) is 7.67. The van der Waals surface area contributed by atoms with Gasteiger partial charge in [-0.2, -0.15) is 16.8 Å². The van der Waals surface area contributed by atoms with Crippen molar-refractivity contribution in [2.24, 2.45) is 16.5 Å². The van der Waals surface area contributed by atoms with E-state index in [9.17, 15) is 4.79 Å². The largest absolute Gasteiger partial charge is 0.370 e. The van der Waals surface area contributed by atoms with E-state index in [2.05, 4.69) is 25.6 Å². The van der Waals surface area contributed by atoms with Crippen molar-refractivity contribution in [1.82, 2.24) is 15.3 Å². The van der Waals surface area contributed by atoms with Crippen molar-refractivity contribution in [3.05, 3.63) is 42.2 Å². The van der Waals surface area contributed by atoms with E-state index in [-0.39, 0.29) is 5.96 Å². The Kier molecular flexibility index (Phi) is 6.48. The van der Waals surface area contributed by atoms with E-state index < -0.39 is 6.03 Å². The fourth-order valence-corrected chi connectivity index (χ4v) is 3.88. The van der Waals surface area contributed by atoms with Crippen LogP contribution < -0.4 is 22.1 Å². The topological polar surface area (TPSA) is 131 Å². The van der Waals surface area contributed by atoms with Crippen molar-refractivity contribution in [3.8, 4) is 11.1 Å². The van der Waals surface area contributed by atoms with Crippen LogP contribution in [0.4, 0.5) is 10.7 Å². The molecule has 0 aliphatic carbocycles. The van der Waals surface area contributed by atoms with Gasteiger partial charge in [-0.15, -0.1) is 0 Å². The van der Waals surface area contributed by atoms with E-state index in [0.29, 0.717) is 18.5 Å². The Morgan fingerprint density at radius 1 is 1.19 bits per heavy atom. The number of urea groups is 1. The van der Waals surface area contributed by atoms with Gasteiger partial charge in [0.05, 0.1) is 0 Å². The van der Waals surface area contributed by atoms with Crippen molar-refractivity contribution in [2.45, 2.75) is 25.4 Å². The van der Waals surface area contributed by atoms with Crippen molar-refractivity contribution in [3.63, 3.8) is 0 Å². The van der Waals surface area contributed by atoms with Crippen LogP contribution in [0.3, 0.4) is 0 Å². The Hall–Kier alpha value is -2.81. The van der Waals surface area contributed by atoms with Crippen LogP contribution in [0.5, 0.6) is 0 Å². The maximum atomic E-state index is 11.5. The number of nitrogens with two attached hydrogens (primary N) is 2. The Balaban J connectivity index is 1.62. The second-order valence-corrected chi connectivity index (χ2v) is 7.45. The molecule has 1 fully saturated rings. The van der Waals surface area contributed by atoms with Crippen LogP contribution in [0.25, 0.3) is 11.1 Å². The lowest BCUT2D eigenvalue weighted by Gasteiger charge is -2.22. The van der Waals surface area contributed by atoms with Crippen molar-refractivity contribution < 1.29 is 4.79 Å². The Morgan fingerprint density at radius 2 is 1.93 bits per heavy atom. The van der Waals surface area contributed by atoms with Gasteiger partial charge in [0.1, 0.15) is 0 Å². The smallest absolute Gasteiger partial charge is 0.344 e. The number of rotatable bonds is 5. The summed E-state index contributed by atoms with van der Waals surface area (Å²) in [6.45, 7) is 0.323. The Labute approximate surface area is 162 Å². The van der Waals surface area contributed by atoms with Gasteiger partial charge in [-0.25, -0.2) is 14.8 Å². The number of thioether (sulfide) groups is 1. The third-order valence-electron chi connectivity index (χ3n) is 4.14. The molecule has 1 saturated heterocycles. The predicted octanol–water partition coefficient (Wildman–Crippen LogP) is 1.93. The standard InChI is InChI=1S/C18H23N7OS/c19-16(20)25-18(26)23-9-12-2-1-3-13(8-12)14-10-21-17(22-11-14)24-15-4-6-27-7-5-15/h1-3,8,10-11,15H,4-7,9H2,(H,21,22,24)(H5,19,20,23,25,26). The zero-order chi connectivity index (χ0) is 19.1. The lowest BCUT2D eigenvalue weighted by molar-refractivity contribution is 0.249. The molecule has 0 spiro atoms. The SMILES string of the molecule is NC(N)=NC(=O)NCc1cccc(-c2cnc(NC3CCSCC3)nc2)c1. The highest BCUT2D eigenvalue weighted by Gasteiger charge is 2.14. The highest BCUT2D eigenvalue weighted by molar-refractivity contribution is 7.99. The Bertz CT molecular complexity index is 800. The number of hydrogen-bond acceptors (Lipinski definition) is 5. The number of anilines is 1. The van der Waals surface area contributed by atoms with E-state index in [1.54, 1.807) is 0 Å². The quantitative estimate of drug-likeness (QED) is 0.457. The normalized spacial score (nSPS) is 14.4. The summed E-state index contributed by atoms with van der Waals surface area (Å²) in [5, 5.41) is 6.04. The maximum Gasteiger partial charge on any atom is 0.344 e. The number of hydrogen-bond donors (Lipinski definition) is 4. The zero-order valence-corrected chi connectivity index (χ0v) is 15.7. The van der Waals surface area contributed by atoms with E-state index in [1.165, 1.54) is 11.5 Å². The minimum Gasteiger partial charge on any atom is -0.370 e. The summed E-state index contributed by atoms with van der Waals surface area (Å²) < 4.78 is 0. The highest BCUT2D eigenvalue weighted by atomic mass is 32.2. The van der Waals surface area contributed by atoms with Crippen LogP contribution in [0.1, 0.15) is 18.4 Å². The molecule has 1 aliphatic rings. The fraction of sp³-hybridized carbons (Fsp3) is 0.333. The number of guanidine groups is 1. The maximum absolute atomic E-state index is 11.5. The molecule has 2 aromatic rings. The zero-order valence-electron chi connectivity index (χ0n) is 14.9. The molecule has 9 heteroatoms. The molecule has 1 aromatic carbocycles. The molecule has 1 aliphatic heterocycles. The third kappa shape index (κ3) is 5.85. The number of aromatic nitrogens is 2. The Morgan fingerprint density at radius 3 is 2.63 bits per heavy atom. The van der Waals surface area contributed by atoms with E-state index in [1.807, 2.05) is 48.4 Å². The molecular weight excluding hydrogens is 362 g/mol. The molecule has 0 radical (unpaired) electrons. The molecule has 3 rings (SSSR count). The van der Waals surface area contributed by atoms with Gasteiger partial charge in [0, 0.05) is 30.5 Å². The molecular formula is C18H23N7OS. The average molecular weight is 385 g/mol. The van der Waals surface area contributed by atoms with Gasteiger partial charge in [0.15, 0.2) is 5.96 Å². The van der Waals surface area contributed by atoms with E-state index >= 15 is 0 Å². The van der Waals surface area contributed by atoms with Crippen LogP contribution in [0.2, 0.25) is 0 Å². The van der Waals surface area contributed by atoms with Crippen molar-refractivity contribution in [1.29, 1.82) is 0 Å². The molecule has 27 heavy (non-hydrogen) atoms. The molecule has 0 atom stereocenters. The first-order chi connectivity index (χ1) is 13.1. The molecule has 0 saturated carbocycles. The monoisotopic (exact) mass is 385 g/mol. The van der Waals surface area contributed by atoms with Gasteiger partial charge >= 0.3 is 6.03 Å². The van der Waals surface area contributed by atoms with Crippen LogP contribution in [0.15, 0.2) is 41.7 Å². The fourth-order valence-electron chi connectivity index (χ4n) is 2.77. The first kappa shape index (κ1) is 19.0. The summed E-state index contributed by atoms with van der Waals surface area (Å²) in [5.74, 6) is 2.76. The first-order valence-corrected chi connectivity index (χ1v) is 9.89. The molecule has 2 heterocycles. The van der Waals surface area contributed by atoms with Crippen LogP contribution in [-0.4, -0.2) is 39.5 Å². The van der Waals surface area contributed by atoms with Crippen LogP contribution in [-0.2, 0) is 6.54 Å². The van der Waals surface area contributed by atoms with E-state index in [4.69, 9.17) is 11.5 Å². The predicted molar refractivity (Wildman–Crippen MR) is 109 cm³/mol. The molecule has 1 aromatic heterocycles. The number of amides is 2. The average Bonchev–Trinajstić information content (AvgIpc) is 2.67. The summed E-state index contributed by atoms with van der Waals surface area (Å²) >= 11 is 1.99. The number of aliphatic imine (C=N–C) groups is 1. The number of benzene rings is 1. The molecule has 2 amide bonds. The molecule has 6 N–H and O–H groups in total. The van der Waals surface area contributed by atoms with Crippen molar-refractivity contribution >= 4 is 29.7 Å². The second-order valence-electron chi connectivity index (χ2n) is 6.22. The summed E-state index contributed by atoms with van der Waals surface area (Å²) in [5.41, 5.74) is 13.2. The number of nitrogens with zero attached hydrogens (tertiary/aromatic N) is 3. The summed E-state index contributed by atoms with van der Waals surface area (Å²) in [4.78, 5) is 23.8. The van der Waals surface area contributed by atoms with Gasteiger partial charge in [-0.05, 0) is 41.5 Å². The first-order valence-electron chi connectivity index (χ1n) is 8.73. The van der Waals surface area contributed by atoms with Gasteiger partial charge in [-0.3, -0.25) is 0 Å². The third-order valence-corrected chi connectivity index (χ3v) is 5.19. The van der Waals surface area contributed by atoms with Crippen LogP contribution >= 0.6 is 11.8 Å². The van der Waals surface area contributed by atoms with Crippen molar-refractivity contribution in [2.75, 3.05) is 16.8 Å². The summed E-state index contributed by atoms with van der Waals surface area (Å²) in [6.07, 6.45) is 5.90. The van der Waals surface area contributed by atoms with Gasteiger partial charge in [-0.1, -0.05) is 18.2 Å². The lowest BCUT2D eigenvalue weighted by Crippen LogP contribution is -2.28. The van der Waals surface area contributed by atoms with Crippen LogP contribution in [0, 0.1) is 0 Å². The second kappa shape index (κ2) is 9.22. The molecule has 0 unspecified atom stereocenters. The van der Waals surface area contributed by atoms with Gasteiger partial charge < -0.3 is 22.1 Å². The number of nitrogens with one attached hydrogen (secondary N) is 2. The lowest BCUT2D eigenvalue weighted by atomic mass is 10.1. The summed E-state index contributed by atoms with van der Waals surface area (Å²) in [7, 11) is 0. The molecule has 142 valence electrons. The minimum absolute atomic E-state index is 0.265. The number of carbonyl (C=O) groups is 1. The number of carbonyl (C=O) groups excluding carboxylic acids is 1. The molecule has 0 bridgehead atoms. The highest BCUT2D eigenvalue weighted by Crippen LogP contribution is 2.22. The molecule has 8 nitrogen and oxygen atoms in total.